The molecule has 2 aromatic carbocycles. The van der Waals surface area contributed by atoms with Crippen molar-refractivity contribution in [2.45, 2.75) is 71.4 Å². The number of hydrogen-bond acceptors (Lipinski definition) is 3. The molecule has 3 rings (SSSR count). The van der Waals surface area contributed by atoms with Crippen LogP contribution in [0, 0.1) is 13.8 Å². The first-order chi connectivity index (χ1) is 15.4. The Kier molecular flexibility index (Phi) is 8.72. The predicted octanol–water partition coefficient (Wildman–Crippen LogP) is 4.59. The lowest BCUT2D eigenvalue weighted by Crippen LogP contribution is -2.52. The van der Waals surface area contributed by atoms with Crippen LogP contribution in [0.2, 0.25) is 0 Å². The Morgan fingerprint density at radius 2 is 1.78 bits per heavy atom. The van der Waals surface area contributed by atoms with Crippen molar-refractivity contribution in [1.82, 2.24) is 10.2 Å². The second-order valence-electron chi connectivity index (χ2n) is 8.90. The van der Waals surface area contributed by atoms with E-state index in [1.165, 1.54) is 6.42 Å². The summed E-state index contributed by atoms with van der Waals surface area (Å²) in [6.07, 6.45) is 6.27. The average Bonchev–Trinajstić information content (AvgIpc) is 2.81. The highest BCUT2D eigenvalue weighted by atomic mass is 16.5. The molecule has 0 heterocycles. The SMILES string of the molecule is Cc1ccc(C)c(OCC(=O)N(CCc2ccccc2)[C@H](C)C(=O)NC2CCCCC2)c1. The van der Waals surface area contributed by atoms with Crippen LogP contribution in [0.5, 0.6) is 5.75 Å². The minimum absolute atomic E-state index is 0.0787. The van der Waals surface area contributed by atoms with Gasteiger partial charge < -0.3 is 15.0 Å². The fraction of sp³-hybridized carbons (Fsp3) is 0.481. The lowest BCUT2D eigenvalue weighted by atomic mass is 9.95. The molecule has 1 atom stereocenters. The largest absolute Gasteiger partial charge is 0.483 e. The van der Waals surface area contributed by atoms with E-state index in [0.29, 0.717) is 18.7 Å². The van der Waals surface area contributed by atoms with Crippen molar-refractivity contribution in [3.05, 3.63) is 65.2 Å². The Bertz CT molecular complexity index is 891. The van der Waals surface area contributed by atoms with E-state index in [4.69, 9.17) is 4.74 Å². The molecule has 1 aliphatic carbocycles. The molecule has 5 heteroatoms. The summed E-state index contributed by atoms with van der Waals surface area (Å²) in [6.45, 7) is 6.17. The Labute approximate surface area is 192 Å². The Hall–Kier alpha value is -2.82. The average molecular weight is 437 g/mol. The summed E-state index contributed by atoms with van der Waals surface area (Å²) >= 11 is 0. The van der Waals surface area contributed by atoms with Crippen LogP contribution in [0.3, 0.4) is 0 Å². The number of hydrogen-bond donors (Lipinski definition) is 1. The molecule has 1 saturated carbocycles. The van der Waals surface area contributed by atoms with Gasteiger partial charge in [-0.2, -0.15) is 0 Å². The summed E-state index contributed by atoms with van der Waals surface area (Å²) in [4.78, 5) is 27.9. The molecule has 0 unspecified atom stereocenters. The lowest BCUT2D eigenvalue weighted by molar-refractivity contribution is -0.141. The van der Waals surface area contributed by atoms with Crippen molar-refractivity contribution < 1.29 is 14.3 Å². The van der Waals surface area contributed by atoms with Gasteiger partial charge in [-0.25, -0.2) is 0 Å². The van der Waals surface area contributed by atoms with Gasteiger partial charge in [0.05, 0.1) is 0 Å². The van der Waals surface area contributed by atoms with Crippen LogP contribution in [0.15, 0.2) is 48.5 Å². The third-order valence-corrected chi connectivity index (χ3v) is 6.30. The van der Waals surface area contributed by atoms with Crippen LogP contribution in [0.4, 0.5) is 0 Å². The molecule has 2 amide bonds. The Morgan fingerprint density at radius 1 is 1.06 bits per heavy atom. The van der Waals surface area contributed by atoms with Crippen molar-refractivity contribution in [1.29, 1.82) is 0 Å². The quantitative estimate of drug-likeness (QED) is 0.625. The van der Waals surface area contributed by atoms with E-state index in [9.17, 15) is 9.59 Å². The highest BCUT2D eigenvalue weighted by molar-refractivity contribution is 5.88. The molecule has 5 nitrogen and oxygen atoms in total. The fourth-order valence-corrected chi connectivity index (χ4v) is 4.22. The van der Waals surface area contributed by atoms with Crippen molar-refractivity contribution >= 4 is 11.8 Å². The predicted molar refractivity (Wildman–Crippen MR) is 128 cm³/mol. The van der Waals surface area contributed by atoms with Crippen molar-refractivity contribution in [3.63, 3.8) is 0 Å². The van der Waals surface area contributed by atoms with E-state index >= 15 is 0 Å². The molecule has 2 aromatic rings. The van der Waals surface area contributed by atoms with E-state index in [2.05, 4.69) is 5.32 Å². The molecule has 1 aliphatic rings. The normalized spacial score (nSPS) is 15.1. The van der Waals surface area contributed by atoms with Crippen molar-refractivity contribution in [2.75, 3.05) is 13.2 Å². The summed E-state index contributed by atoms with van der Waals surface area (Å²) in [5.74, 6) is 0.457. The smallest absolute Gasteiger partial charge is 0.261 e. The number of carbonyl (C=O) groups excluding carboxylic acids is 2. The molecule has 32 heavy (non-hydrogen) atoms. The van der Waals surface area contributed by atoms with Gasteiger partial charge in [-0.1, -0.05) is 61.7 Å². The van der Waals surface area contributed by atoms with Crippen LogP contribution >= 0.6 is 0 Å². The van der Waals surface area contributed by atoms with Crippen LogP contribution in [0.1, 0.15) is 55.7 Å². The van der Waals surface area contributed by atoms with Gasteiger partial charge in [-0.15, -0.1) is 0 Å². The van der Waals surface area contributed by atoms with Gasteiger partial charge in [-0.3, -0.25) is 9.59 Å². The monoisotopic (exact) mass is 436 g/mol. The summed E-state index contributed by atoms with van der Waals surface area (Å²) in [6, 6.07) is 15.7. The zero-order chi connectivity index (χ0) is 22.9. The molecular weight excluding hydrogens is 400 g/mol. The molecule has 0 bridgehead atoms. The molecule has 1 N–H and O–H groups in total. The number of benzene rings is 2. The Morgan fingerprint density at radius 3 is 2.50 bits per heavy atom. The van der Waals surface area contributed by atoms with E-state index in [1.807, 2.05) is 69.3 Å². The summed E-state index contributed by atoms with van der Waals surface area (Å²) in [5, 5.41) is 3.17. The van der Waals surface area contributed by atoms with Gasteiger partial charge in [0.1, 0.15) is 11.8 Å². The number of aryl methyl sites for hydroxylation is 2. The van der Waals surface area contributed by atoms with Gasteiger partial charge in [0, 0.05) is 12.6 Å². The first kappa shape index (κ1) is 23.8. The van der Waals surface area contributed by atoms with Crippen LogP contribution < -0.4 is 10.1 Å². The molecule has 0 spiro atoms. The zero-order valence-electron chi connectivity index (χ0n) is 19.6. The second-order valence-corrected chi connectivity index (χ2v) is 8.90. The first-order valence-corrected chi connectivity index (χ1v) is 11.8. The molecular formula is C27H36N2O3. The summed E-state index contributed by atoms with van der Waals surface area (Å²) in [5.41, 5.74) is 3.21. The number of carbonyl (C=O) groups is 2. The lowest BCUT2D eigenvalue weighted by Gasteiger charge is -2.31. The van der Waals surface area contributed by atoms with E-state index in [-0.39, 0.29) is 24.5 Å². The first-order valence-electron chi connectivity index (χ1n) is 11.8. The molecule has 172 valence electrons. The number of rotatable bonds is 9. The summed E-state index contributed by atoms with van der Waals surface area (Å²) < 4.78 is 5.87. The minimum Gasteiger partial charge on any atom is -0.483 e. The fourth-order valence-electron chi connectivity index (χ4n) is 4.22. The van der Waals surface area contributed by atoms with Gasteiger partial charge in [0.25, 0.3) is 5.91 Å². The maximum absolute atomic E-state index is 13.2. The highest BCUT2D eigenvalue weighted by Crippen LogP contribution is 2.20. The van der Waals surface area contributed by atoms with Crippen LogP contribution in [-0.4, -0.2) is 41.9 Å². The van der Waals surface area contributed by atoms with E-state index in [0.717, 1.165) is 42.4 Å². The zero-order valence-corrected chi connectivity index (χ0v) is 19.6. The topological polar surface area (TPSA) is 58.6 Å². The summed E-state index contributed by atoms with van der Waals surface area (Å²) in [7, 11) is 0. The third-order valence-electron chi connectivity index (χ3n) is 6.30. The Balaban J connectivity index is 1.67. The van der Waals surface area contributed by atoms with Gasteiger partial charge in [0.2, 0.25) is 5.91 Å². The van der Waals surface area contributed by atoms with Crippen molar-refractivity contribution in [3.8, 4) is 5.75 Å². The van der Waals surface area contributed by atoms with E-state index in [1.54, 1.807) is 4.90 Å². The molecule has 0 aromatic heterocycles. The third kappa shape index (κ3) is 6.84. The standard InChI is InChI=1S/C27H36N2O3/c1-20-14-15-21(2)25(18-20)32-19-26(30)29(17-16-23-10-6-4-7-11-23)22(3)27(31)28-24-12-8-5-9-13-24/h4,6-7,10-11,14-15,18,22,24H,5,8-9,12-13,16-17,19H2,1-3H3,(H,28,31)/t22-/m1/s1. The number of ether oxygens (including phenoxy) is 1. The maximum atomic E-state index is 13.2. The molecule has 0 aliphatic heterocycles. The van der Waals surface area contributed by atoms with Crippen LogP contribution in [0.25, 0.3) is 0 Å². The highest BCUT2D eigenvalue weighted by Gasteiger charge is 2.28. The number of nitrogens with one attached hydrogen (secondary N) is 1. The van der Waals surface area contributed by atoms with Gasteiger partial charge in [-0.05, 0) is 62.8 Å². The van der Waals surface area contributed by atoms with Crippen molar-refractivity contribution in [2.24, 2.45) is 0 Å². The van der Waals surface area contributed by atoms with Gasteiger partial charge >= 0.3 is 0 Å². The molecule has 1 fully saturated rings. The molecule has 0 saturated heterocycles. The molecule has 0 radical (unpaired) electrons. The van der Waals surface area contributed by atoms with Crippen LogP contribution in [-0.2, 0) is 16.0 Å². The minimum atomic E-state index is -0.546. The number of amides is 2. The van der Waals surface area contributed by atoms with Gasteiger partial charge in [0.15, 0.2) is 6.61 Å². The second kappa shape index (κ2) is 11.7. The van der Waals surface area contributed by atoms with E-state index < -0.39 is 6.04 Å². The number of nitrogens with zero attached hydrogens (tertiary/aromatic N) is 1. The maximum Gasteiger partial charge on any atom is 0.261 e.